The second-order valence-corrected chi connectivity index (χ2v) is 9.95. The number of anilines is 2. The molecular weight excluding hydrogens is 521 g/mol. The minimum atomic E-state index is -4.67. The predicted molar refractivity (Wildman–Crippen MR) is 143 cm³/mol. The molecule has 0 radical (unpaired) electrons. The van der Waals surface area contributed by atoms with Gasteiger partial charge in [0, 0.05) is 21.2 Å². The Kier molecular flexibility index (Phi) is 8.10. The average Bonchev–Trinajstić information content (AvgIpc) is 2.87. The fraction of sp³-hybridized carbons (Fsp3) is 0.143. The van der Waals surface area contributed by atoms with Crippen LogP contribution in [-0.2, 0) is 11.0 Å². The fourth-order valence-corrected chi connectivity index (χ4v) is 4.93. The lowest BCUT2D eigenvalue weighted by atomic mass is 10.1. The number of carbonyl (C=O) groups is 2. The molecule has 9 heteroatoms. The van der Waals surface area contributed by atoms with Gasteiger partial charge >= 0.3 is 6.18 Å². The average molecular weight is 543 g/mol. The maximum Gasteiger partial charge on any atom is 0.418 e. The van der Waals surface area contributed by atoms with Crippen LogP contribution in [0.5, 0.6) is 0 Å². The van der Waals surface area contributed by atoms with Crippen molar-refractivity contribution in [1.82, 2.24) is 0 Å². The van der Waals surface area contributed by atoms with Crippen LogP contribution in [0.1, 0.15) is 29.3 Å². The first-order valence-electron chi connectivity index (χ1n) is 11.4. The third-order valence-corrected chi connectivity index (χ3v) is 7.18. The summed E-state index contributed by atoms with van der Waals surface area (Å²) >= 11 is 6.93. The van der Waals surface area contributed by atoms with Gasteiger partial charge in [0.15, 0.2) is 0 Å². The van der Waals surface area contributed by atoms with E-state index in [1.54, 1.807) is 37.3 Å². The number of thioether (sulfide) groups is 1. The Labute approximate surface area is 221 Å². The summed E-state index contributed by atoms with van der Waals surface area (Å²) in [5.41, 5.74) is -0.314. The van der Waals surface area contributed by atoms with Gasteiger partial charge in [0.2, 0.25) is 5.91 Å². The highest BCUT2D eigenvalue weighted by atomic mass is 35.5. The van der Waals surface area contributed by atoms with Crippen molar-refractivity contribution in [1.29, 1.82) is 0 Å². The van der Waals surface area contributed by atoms with Crippen molar-refractivity contribution >= 4 is 57.3 Å². The maximum absolute atomic E-state index is 13.4. The minimum absolute atomic E-state index is 0.0747. The summed E-state index contributed by atoms with van der Waals surface area (Å²) in [6, 6.07) is 23.4. The molecule has 4 nitrogen and oxygen atoms in total. The van der Waals surface area contributed by atoms with E-state index in [4.69, 9.17) is 11.6 Å². The van der Waals surface area contributed by atoms with Gasteiger partial charge in [0.1, 0.15) is 0 Å². The first kappa shape index (κ1) is 26.6. The lowest BCUT2D eigenvalue weighted by Crippen LogP contribution is -2.26. The molecule has 2 N–H and O–H groups in total. The third kappa shape index (κ3) is 6.64. The van der Waals surface area contributed by atoms with Gasteiger partial charge in [0.25, 0.3) is 5.91 Å². The molecule has 37 heavy (non-hydrogen) atoms. The van der Waals surface area contributed by atoms with Crippen molar-refractivity contribution in [2.45, 2.75) is 29.7 Å². The van der Waals surface area contributed by atoms with Gasteiger partial charge in [-0.05, 0) is 65.7 Å². The minimum Gasteiger partial charge on any atom is -0.325 e. The van der Waals surface area contributed by atoms with Crippen LogP contribution in [0.25, 0.3) is 10.8 Å². The van der Waals surface area contributed by atoms with Gasteiger partial charge in [-0.1, -0.05) is 54.9 Å². The topological polar surface area (TPSA) is 58.2 Å². The van der Waals surface area contributed by atoms with Gasteiger partial charge in [-0.25, -0.2) is 0 Å². The van der Waals surface area contributed by atoms with Crippen LogP contribution >= 0.6 is 23.4 Å². The largest absolute Gasteiger partial charge is 0.418 e. The predicted octanol–water partition coefficient (Wildman–Crippen LogP) is 8.27. The van der Waals surface area contributed by atoms with Crippen LogP contribution in [-0.4, -0.2) is 17.1 Å². The lowest BCUT2D eigenvalue weighted by molar-refractivity contribution is -0.137. The van der Waals surface area contributed by atoms with E-state index in [1.165, 1.54) is 17.8 Å². The van der Waals surface area contributed by atoms with Crippen LogP contribution in [0.2, 0.25) is 5.02 Å². The van der Waals surface area contributed by atoms with E-state index in [1.807, 2.05) is 36.4 Å². The normalized spacial score (nSPS) is 12.2. The second kappa shape index (κ2) is 11.3. The number of benzene rings is 4. The van der Waals surface area contributed by atoms with Crippen molar-refractivity contribution in [3.63, 3.8) is 0 Å². The van der Waals surface area contributed by atoms with Gasteiger partial charge in [-0.3, -0.25) is 9.59 Å². The number of nitrogens with one attached hydrogen (secondary N) is 2. The number of carbonyl (C=O) groups excluding carboxylic acids is 2. The molecule has 0 aliphatic rings. The molecule has 190 valence electrons. The van der Waals surface area contributed by atoms with E-state index >= 15 is 0 Å². The lowest BCUT2D eigenvalue weighted by Gasteiger charge is -2.18. The van der Waals surface area contributed by atoms with Crippen LogP contribution in [0.3, 0.4) is 0 Å². The monoisotopic (exact) mass is 542 g/mol. The van der Waals surface area contributed by atoms with Crippen molar-refractivity contribution in [3.8, 4) is 0 Å². The summed E-state index contributed by atoms with van der Waals surface area (Å²) in [5.74, 6) is -0.842. The molecule has 0 saturated heterocycles. The Hall–Kier alpha value is -3.49. The van der Waals surface area contributed by atoms with E-state index in [-0.39, 0.29) is 16.6 Å². The van der Waals surface area contributed by atoms with Crippen molar-refractivity contribution in [3.05, 3.63) is 101 Å². The quantitative estimate of drug-likeness (QED) is 0.231. The molecule has 4 aromatic rings. The molecule has 1 unspecified atom stereocenters. The fourth-order valence-electron chi connectivity index (χ4n) is 3.74. The molecule has 0 aliphatic heterocycles. The molecule has 0 fully saturated rings. The summed E-state index contributed by atoms with van der Waals surface area (Å²) in [7, 11) is 0. The molecule has 4 rings (SSSR count). The van der Waals surface area contributed by atoms with Gasteiger partial charge in [-0.15, -0.1) is 11.8 Å². The maximum atomic E-state index is 13.4. The van der Waals surface area contributed by atoms with E-state index in [2.05, 4.69) is 10.6 Å². The van der Waals surface area contributed by atoms with E-state index in [0.29, 0.717) is 22.6 Å². The Balaban J connectivity index is 1.46. The Morgan fingerprint density at radius 3 is 2.38 bits per heavy atom. The number of amides is 2. The van der Waals surface area contributed by atoms with E-state index < -0.39 is 22.9 Å². The van der Waals surface area contributed by atoms with E-state index in [9.17, 15) is 22.8 Å². The zero-order chi connectivity index (χ0) is 26.6. The Bertz CT molecular complexity index is 1460. The first-order chi connectivity index (χ1) is 17.6. The third-order valence-electron chi connectivity index (χ3n) is 5.59. The van der Waals surface area contributed by atoms with Crippen LogP contribution in [0.4, 0.5) is 24.5 Å². The molecule has 0 bridgehead atoms. The molecule has 0 spiro atoms. The second-order valence-electron chi connectivity index (χ2n) is 8.24. The standard InChI is InChI=1S/C28H22ClF3N2O2S/c1-2-25(27(36)34-24-13-12-20(29)15-23(24)28(30,31)32)37-22-9-5-8-21(16-22)33-26(35)19-11-10-17-6-3-4-7-18(17)14-19/h3-16,25H,2H2,1H3,(H,33,35)(H,34,36). The Morgan fingerprint density at radius 2 is 1.65 bits per heavy atom. The number of hydrogen-bond donors (Lipinski definition) is 2. The molecule has 0 saturated carbocycles. The molecule has 1 atom stereocenters. The smallest absolute Gasteiger partial charge is 0.325 e. The summed E-state index contributed by atoms with van der Waals surface area (Å²) in [5, 5.41) is 6.49. The first-order valence-corrected chi connectivity index (χ1v) is 12.6. The summed E-state index contributed by atoms with van der Waals surface area (Å²) < 4.78 is 40.2. The van der Waals surface area contributed by atoms with Gasteiger partial charge < -0.3 is 10.6 Å². The van der Waals surface area contributed by atoms with Crippen molar-refractivity contribution in [2.75, 3.05) is 10.6 Å². The van der Waals surface area contributed by atoms with Crippen molar-refractivity contribution in [2.24, 2.45) is 0 Å². The van der Waals surface area contributed by atoms with Crippen molar-refractivity contribution < 1.29 is 22.8 Å². The number of rotatable bonds is 7. The van der Waals surface area contributed by atoms with Gasteiger partial charge in [0.05, 0.1) is 16.5 Å². The Morgan fingerprint density at radius 1 is 0.892 bits per heavy atom. The molecule has 0 aliphatic carbocycles. The summed E-state index contributed by atoms with van der Waals surface area (Å²) in [6.07, 6.45) is -4.29. The zero-order valence-corrected chi connectivity index (χ0v) is 21.2. The SMILES string of the molecule is CCC(Sc1cccc(NC(=O)c2ccc3ccccc3c2)c1)C(=O)Nc1ccc(Cl)cc1C(F)(F)F. The number of hydrogen-bond acceptors (Lipinski definition) is 3. The summed E-state index contributed by atoms with van der Waals surface area (Å²) in [6.45, 7) is 1.77. The molecule has 0 heterocycles. The number of halogens is 4. The highest BCUT2D eigenvalue weighted by molar-refractivity contribution is 8.00. The van der Waals surface area contributed by atoms with Crippen LogP contribution < -0.4 is 10.6 Å². The molecule has 4 aromatic carbocycles. The highest BCUT2D eigenvalue weighted by Crippen LogP contribution is 2.37. The highest BCUT2D eigenvalue weighted by Gasteiger charge is 2.34. The van der Waals surface area contributed by atoms with Crippen LogP contribution in [0.15, 0.2) is 89.8 Å². The molecule has 2 amide bonds. The number of fused-ring (bicyclic) bond motifs is 1. The van der Waals surface area contributed by atoms with Gasteiger partial charge in [-0.2, -0.15) is 13.2 Å². The zero-order valence-electron chi connectivity index (χ0n) is 19.6. The van der Waals surface area contributed by atoms with Crippen LogP contribution in [0, 0.1) is 0 Å². The molecular formula is C28H22ClF3N2O2S. The summed E-state index contributed by atoms with van der Waals surface area (Å²) in [4.78, 5) is 26.4. The molecule has 0 aromatic heterocycles. The van der Waals surface area contributed by atoms with E-state index in [0.717, 1.165) is 22.9 Å². The number of alkyl halides is 3.